The molecule has 0 radical (unpaired) electrons. The van der Waals surface area contributed by atoms with Crippen molar-refractivity contribution in [2.24, 2.45) is 5.10 Å². The molecule has 0 bridgehead atoms. The quantitative estimate of drug-likeness (QED) is 0.421. The zero-order chi connectivity index (χ0) is 16.5. The van der Waals surface area contributed by atoms with Crippen LogP contribution in [-0.4, -0.2) is 19.9 Å². The van der Waals surface area contributed by atoms with Crippen molar-refractivity contribution in [1.29, 1.82) is 0 Å². The fraction of sp³-hybridized carbons (Fsp3) is 0.278. The second-order valence-corrected chi connectivity index (χ2v) is 5.43. The third-order valence-corrected chi connectivity index (χ3v) is 3.41. The monoisotopic (exact) mass is 332 g/mol. The summed E-state index contributed by atoms with van der Waals surface area (Å²) in [5, 5.41) is 4.87. The van der Waals surface area contributed by atoms with Crippen molar-refractivity contribution in [3.05, 3.63) is 53.1 Å². The SMILES string of the molecule is CCCCOc1ccc(/C=N\Nc2cccc(Cl)c2)cc1OC. The Morgan fingerprint density at radius 3 is 2.78 bits per heavy atom. The molecule has 0 atom stereocenters. The van der Waals surface area contributed by atoms with Gasteiger partial charge in [0.25, 0.3) is 0 Å². The van der Waals surface area contributed by atoms with E-state index in [-0.39, 0.29) is 0 Å². The van der Waals surface area contributed by atoms with Crippen LogP contribution in [0.2, 0.25) is 5.02 Å². The number of nitrogens with zero attached hydrogens (tertiary/aromatic N) is 1. The van der Waals surface area contributed by atoms with Crippen LogP contribution in [0.25, 0.3) is 0 Å². The van der Waals surface area contributed by atoms with Gasteiger partial charge in [0.05, 0.1) is 25.6 Å². The average Bonchev–Trinajstić information content (AvgIpc) is 2.56. The van der Waals surface area contributed by atoms with Crippen LogP contribution in [0.5, 0.6) is 11.5 Å². The number of hydrogen-bond donors (Lipinski definition) is 1. The van der Waals surface area contributed by atoms with E-state index in [1.165, 1.54) is 0 Å². The third-order valence-electron chi connectivity index (χ3n) is 3.18. The molecule has 2 rings (SSSR count). The highest BCUT2D eigenvalue weighted by Gasteiger charge is 2.04. The Bertz CT molecular complexity index is 659. The zero-order valence-electron chi connectivity index (χ0n) is 13.4. The number of ether oxygens (including phenoxy) is 2. The van der Waals surface area contributed by atoms with Crippen molar-refractivity contribution in [3.8, 4) is 11.5 Å². The van der Waals surface area contributed by atoms with E-state index in [1.54, 1.807) is 13.3 Å². The number of rotatable bonds is 8. The molecule has 0 aliphatic carbocycles. The first-order valence-corrected chi connectivity index (χ1v) is 7.96. The predicted molar refractivity (Wildman–Crippen MR) is 96.1 cm³/mol. The lowest BCUT2D eigenvalue weighted by Gasteiger charge is -2.10. The molecular weight excluding hydrogens is 312 g/mol. The van der Waals surface area contributed by atoms with Gasteiger partial charge in [-0.1, -0.05) is 31.0 Å². The van der Waals surface area contributed by atoms with E-state index in [1.807, 2.05) is 42.5 Å². The van der Waals surface area contributed by atoms with E-state index in [9.17, 15) is 0 Å². The molecule has 23 heavy (non-hydrogen) atoms. The molecule has 0 amide bonds. The van der Waals surface area contributed by atoms with Gasteiger partial charge in [-0.25, -0.2) is 0 Å². The first-order valence-electron chi connectivity index (χ1n) is 7.58. The highest BCUT2D eigenvalue weighted by Crippen LogP contribution is 2.27. The molecule has 1 N–H and O–H groups in total. The number of nitrogens with one attached hydrogen (secondary N) is 1. The number of hydrazone groups is 1. The number of methoxy groups -OCH3 is 1. The standard InChI is InChI=1S/C18H21ClN2O2/c1-3-4-10-23-17-9-8-14(11-18(17)22-2)13-20-21-16-7-5-6-15(19)12-16/h5-9,11-13,21H,3-4,10H2,1-2H3/b20-13-. The largest absolute Gasteiger partial charge is 0.493 e. The Morgan fingerprint density at radius 2 is 2.04 bits per heavy atom. The van der Waals surface area contributed by atoms with Gasteiger partial charge in [0.1, 0.15) is 0 Å². The highest BCUT2D eigenvalue weighted by molar-refractivity contribution is 6.30. The van der Waals surface area contributed by atoms with Gasteiger partial charge in [0, 0.05) is 5.02 Å². The first-order chi connectivity index (χ1) is 11.2. The minimum absolute atomic E-state index is 0.667. The van der Waals surface area contributed by atoms with Crippen molar-refractivity contribution in [1.82, 2.24) is 0 Å². The Balaban J connectivity index is 2.00. The number of hydrogen-bond acceptors (Lipinski definition) is 4. The summed E-state index contributed by atoms with van der Waals surface area (Å²) in [6.45, 7) is 2.82. The summed E-state index contributed by atoms with van der Waals surface area (Å²) in [6, 6.07) is 13.1. The normalized spacial score (nSPS) is 10.7. The van der Waals surface area contributed by atoms with Gasteiger partial charge in [-0.2, -0.15) is 5.10 Å². The number of anilines is 1. The maximum atomic E-state index is 5.93. The molecule has 0 saturated carbocycles. The van der Waals surface area contributed by atoms with Crippen molar-refractivity contribution >= 4 is 23.5 Å². The van der Waals surface area contributed by atoms with Crippen LogP contribution in [0.1, 0.15) is 25.3 Å². The van der Waals surface area contributed by atoms with Gasteiger partial charge in [-0.15, -0.1) is 0 Å². The smallest absolute Gasteiger partial charge is 0.161 e. The molecule has 2 aromatic rings. The topological polar surface area (TPSA) is 42.8 Å². The van der Waals surface area contributed by atoms with Crippen molar-refractivity contribution < 1.29 is 9.47 Å². The van der Waals surface area contributed by atoms with Gasteiger partial charge in [0.2, 0.25) is 0 Å². The lowest BCUT2D eigenvalue weighted by molar-refractivity contribution is 0.288. The second kappa shape index (κ2) is 9.06. The Hall–Kier alpha value is -2.20. The molecule has 0 fully saturated rings. The average molecular weight is 333 g/mol. The van der Waals surface area contributed by atoms with Crippen LogP contribution >= 0.6 is 11.6 Å². The van der Waals surface area contributed by atoms with Crippen LogP contribution in [0, 0.1) is 0 Å². The van der Waals surface area contributed by atoms with Crippen molar-refractivity contribution in [2.45, 2.75) is 19.8 Å². The van der Waals surface area contributed by atoms with Gasteiger partial charge in [-0.05, 0) is 48.4 Å². The summed E-state index contributed by atoms with van der Waals surface area (Å²) in [4.78, 5) is 0. The predicted octanol–water partition coefficient (Wildman–Crippen LogP) is 4.97. The van der Waals surface area contributed by atoms with Crippen LogP contribution < -0.4 is 14.9 Å². The fourth-order valence-electron chi connectivity index (χ4n) is 1.95. The lowest BCUT2D eigenvalue weighted by Crippen LogP contribution is -1.99. The number of halogens is 1. The molecule has 0 aromatic heterocycles. The summed E-state index contributed by atoms with van der Waals surface area (Å²) < 4.78 is 11.1. The molecule has 122 valence electrons. The van der Waals surface area contributed by atoms with Crippen molar-refractivity contribution in [3.63, 3.8) is 0 Å². The van der Waals surface area contributed by atoms with E-state index in [2.05, 4.69) is 17.5 Å². The van der Waals surface area contributed by atoms with Gasteiger partial charge < -0.3 is 9.47 Å². The highest BCUT2D eigenvalue weighted by atomic mass is 35.5. The lowest BCUT2D eigenvalue weighted by atomic mass is 10.2. The summed E-state index contributed by atoms with van der Waals surface area (Å²) >= 11 is 5.93. The number of unbranched alkanes of at least 4 members (excludes halogenated alkanes) is 1. The Morgan fingerprint density at radius 1 is 1.17 bits per heavy atom. The van der Waals surface area contributed by atoms with Crippen LogP contribution in [0.3, 0.4) is 0 Å². The second-order valence-electron chi connectivity index (χ2n) is 4.99. The van der Waals surface area contributed by atoms with E-state index in [0.29, 0.717) is 17.4 Å². The molecule has 5 heteroatoms. The molecule has 0 aliphatic rings. The molecule has 0 aliphatic heterocycles. The molecule has 0 unspecified atom stereocenters. The maximum Gasteiger partial charge on any atom is 0.161 e. The third kappa shape index (κ3) is 5.49. The van der Waals surface area contributed by atoms with E-state index in [4.69, 9.17) is 21.1 Å². The summed E-state index contributed by atoms with van der Waals surface area (Å²) in [7, 11) is 1.63. The summed E-state index contributed by atoms with van der Waals surface area (Å²) in [6.07, 6.45) is 3.84. The van der Waals surface area contributed by atoms with Gasteiger partial charge in [-0.3, -0.25) is 5.43 Å². The molecule has 0 heterocycles. The van der Waals surface area contributed by atoms with Gasteiger partial charge in [0.15, 0.2) is 11.5 Å². The molecule has 0 spiro atoms. The van der Waals surface area contributed by atoms with E-state index < -0.39 is 0 Å². The number of benzene rings is 2. The van der Waals surface area contributed by atoms with Crippen LogP contribution in [0.15, 0.2) is 47.6 Å². The minimum Gasteiger partial charge on any atom is -0.493 e. The first kappa shape index (κ1) is 17.2. The van der Waals surface area contributed by atoms with E-state index >= 15 is 0 Å². The van der Waals surface area contributed by atoms with Crippen LogP contribution in [0.4, 0.5) is 5.69 Å². The fourth-order valence-corrected chi connectivity index (χ4v) is 2.14. The van der Waals surface area contributed by atoms with E-state index in [0.717, 1.165) is 29.8 Å². The van der Waals surface area contributed by atoms with Gasteiger partial charge >= 0.3 is 0 Å². The maximum absolute atomic E-state index is 5.93. The minimum atomic E-state index is 0.667. The Kier molecular flexibility index (Phi) is 6.76. The molecular formula is C18H21ClN2O2. The molecule has 0 saturated heterocycles. The molecule has 4 nitrogen and oxygen atoms in total. The van der Waals surface area contributed by atoms with Crippen molar-refractivity contribution in [2.75, 3.05) is 19.1 Å². The molecule has 2 aromatic carbocycles. The van der Waals surface area contributed by atoms with Crippen LogP contribution in [-0.2, 0) is 0 Å². The summed E-state index contributed by atoms with van der Waals surface area (Å²) in [5.41, 5.74) is 4.69. The Labute approximate surface area is 142 Å². The zero-order valence-corrected chi connectivity index (χ0v) is 14.1. The summed E-state index contributed by atoms with van der Waals surface area (Å²) in [5.74, 6) is 1.45.